The summed E-state index contributed by atoms with van der Waals surface area (Å²) in [4.78, 5) is 12.1. The molecule has 0 radical (unpaired) electrons. The summed E-state index contributed by atoms with van der Waals surface area (Å²) < 4.78 is 41.1. The van der Waals surface area contributed by atoms with E-state index in [1.54, 1.807) is 6.07 Å². The molecule has 1 atom stereocenters. The van der Waals surface area contributed by atoms with Crippen molar-refractivity contribution in [3.05, 3.63) is 29.8 Å². The average Bonchev–Trinajstić information content (AvgIpc) is 2.44. The summed E-state index contributed by atoms with van der Waals surface area (Å²) in [6.07, 6.45) is -4.55. The third-order valence-corrected chi connectivity index (χ3v) is 3.94. The van der Waals surface area contributed by atoms with Crippen molar-refractivity contribution in [2.24, 2.45) is 11.7 Å². The number of carbonyl (C=O) groups excluding carboxylic acids is 1. The molecule has 0 aliphatic rings. The highest BCUT2D eigenvalue weighted by molar-refractivity contribution is 5.85. The van der Waals surface area contributed by atoms with E-state index in [0.29, 0.717) is 5.56 Å². The van der Waals surface area contributed by atoms with Crippen molar-refractivity contribution >= 4 is 18.3 Å². The van der Waals surface area contributed by atoms with Crippen molar-refractivity contribution in [3.8, 4) is 5.75 Å². The Hall–Kier alpha value is -1.47. The third kappa shape index (κ3) is 6.97. The number of nitrogens with two attached hydrogens (primary N) is 1. The number of hydrogen-bond acceptors (Lipinski definition) is 3. The summed E-state index contributed by atoms with van der Waals surface area (Å²) in [6, 6.07) is 5.81. The molecule has 0 aliphatic carbocycles. The van der Waals surface area contributed by atoms with Crippen molar-refractivity contribution < 1.29 is 22.7 Å². The van der Waals surface area contributed by atoms with Crippen LogP contribution in [0.2, 0.25) is 0 Å². The largest absolute Gasteiger partial charge is 0.573 e. The highest BCUT2D eigenvalue weighted by Crippen LogP contribution is 2.27. The summed E-state index contributed by atoms with van der Waals surface area (Å²) in [5, 5.41) is 2.85. The molecular formula is C16H24ClF3N2O2. The van der Waals surface area contributed by atoms with Gasteiger partial charge in [0.15, 0.2) is 0 Å². The van der Waals surface area contributed by atoms with Gasteiger partial charge in [-0.05, 0) is 30.9 Å². The van der Waals surface area contributed by atoms with Gasteiger partial charge in [0.25, 0.3) is 0 Å². The molecule has 1 aromatic rings. The topological polar surface area (TPSA) is 64.3 Å². The van der Waals surface area contributed by atoms with Crippen LogP contribution in [0.1, 0.15) is 32.8 Å². The first-order valence-corrected chi connectivity index (χ1v) is 7.42. The first-order valence-electron chi connectivity index (χ1n) is 7.42. The minimum Gasteiger partial charge on any atom is -0.406 e. The third-order valence-electron chi connectivity index (χ3n) is 3.94. The predicted octanol–water partition coefficient (Wildman–Crippen LogP) is 3.43. The molecule has 4 nitrogen and oxygen atoms in total. The molecule has 0 saturated heterocycles. The van der Waals surface area contributed by atoms with Crippen molar-refractivity contribution in [1.82, 2.24) is 5.32 Å². The number of benzene rings is 1. The normalized spacial score (nSPS) is 13.8. The standard InChI is InChI=1S/C16H23F3N2O2.ClH/c1-11(2)15(3,10-20)21-14(22)9-8-12-6-4-5-7-13(12)23-16(17,18)19;/h4-7,11H,8-10,20H2,1-3H3,(H,21,22);1H. The molecule has 1 amide bonds. The van der Waals surface area contributed by atoms with Crippen molar-refractivity contribution in [1.29, 1.82) is 0 Å². The zero-order chi connectivity index (χ0) is 17.7. The first-order chi connectivity index (χ1) is 10.6. The summed E-state index contributed by atoms with van der Waals surface area (Å²) in [7, 11) is 0. The number of ether oxygens (including phenoxy) is 1. The maximum absolute atomic E-state index is 12.4. The Labute approximate surface area is 146 Å². The van der Waals surface area contributed by atoms with Crippen molar-refractivity contribution in [2.75, 3.05) is 6.54 Å². The lowest BCUT2D eigenvalue weighted by Gasteiger charge is -2.33. The van der Waals surface area contributed by atoms with Gasteiger partial charge in [-0.25, -0.2) is 0 Å². The second-order valence-corrected chi connectivity index (χ2v) is 5.98. The van der Waals surface area contributed by atoms with E-state index in [2.05, 4.69) is 10.1 Å². The van der Waals surface area contributed by atoms with Gasteiger partial charge in [-0.1, -0.05) is 32.0 Å². The molecule has 138 valence electrons. The molecule has 0 fully saturated rings. The molecule has 1 rings (SSSR count). The molecule has 1 unspecified atom stereocenters. The molecule has 0 aromatic heterocycles. The molecule has 0 aliphatic heterocycles. The van der Waals surface area contributed by atoms with Crippen LogP contribution in [0.4, 0.5) is 13.2 Å². The fraction of sp³-hybridized carbons (Fsp3) is 0.562. The van der Waals surface area contributed by atoms with Gasteiger partial charge in [0.1, 0.15) is 5.75 Å². The molecule has 8 heteroatoms. The quantitative estimate of drug-likeness (QED) is 0.775. The maximum Gasteiger partial charge on any atom is 0.573 e. The Kier molecular flexibility index (Phi) is 8.57. The van der Waals surface area contributed by atoms with Gasteiger partial charge < -0.3 is 15.8 Å². The zero-order valence-corrected chi connectivity index (χ0v) is 14.8. The molecule has 24 heavy (non-hydrogen) atoms. The van der Waals surface area contributed by atoms with Crippen LogP contribution in [0.25, 0.3) is 0 Å². The maximum atomic E-state index is 12.4. The van der Waals surface area contributed by atoms with E-state index in [9.17, 15) is 18.0 Å². The smallest absolute Gasteiger partial charge is 0.406 e. The van der Waals surface area contributed by atoms with Gasteiger partial charge in [0, 0.05) is 13.0 Å². The Morgan fingerprint density at radius 1 is 1.29 bits per heavy atom. The van der Waals surface area contributed by atoms with Crippen LogP contribution >= 0.6 is 12.4 Å². The van der Waals surface area contributed by atoms with E-state index < -0.39 is 11.9 Å². The number of amides is 1. The Morgan fingerprint density at radius 2 is 1.88 bits per heavy atom. The Bertz CT molecular complexity index is 538. The number of hydrogen-bond donors (Lipinski definition) is 2. The fourth-order valence-corrected chi connectivity index (χ4v) is 1.99. The fourth-order valence-electron chi connectivity index (χ4n) is 1.99. The second kappa shape index (κ2) is 9.13. The van der Waals surface area contributed by atoms with E-state index in [4.69, 9.17) is 5.73 Å². The molecule has 1 aromatic carbocycles. The minimum atomic E-state index is -4.76. The lowest BCUT2D eigenvalue weighted by molar-refractivity contribution is -0.274. The van der Waals surface area contributed by atoms with Crippen molar-refractivity contribution in [2.45, 2.75) is 45.5 Å². The van der Waals surface area contributed by atoms with Crippen LogP contribution in [-0.4, -0.2) is 24.4 Å². The van der Waals surface area contributed by atoms with E-state index in [-0.39, 0.29) is 49.4 Å². The van der Waals surface area contributed by atoms with Gasteiger partial charge in [-0.2, -0.15) is 0 Å². The van der Waals surface area contributed by atoms with Gasteiger partial charge in [-0.3, -0.25) is 4.79 Å². The lowest BCUT2D eigenvalue weighted by atomic mass is 9.88. The van der Waals surface area contributed by atoms with Crippen LogP contribution in [0.15, 0.2) is 24.3 Å². The summed E-state index contributed by atoms with van der Waals surface area (Å²) in [5.41, 5.74) is 5.49. The molecule has 0 saturated carbocycles. The monoisotopic (exact) mass is 368 g/mol. The number of carbonyl (C=O) groups is 1. The number of nitrogens with one attached hydrogen (secondary N) is 1. The lowest BCUT2D eigenvalue weighted by Crippen LogP contribution is -2.55. The number of halogens is 4. The van der Waals surface area contributed by atoms with E-state index in [1.165, 1.54) is 18.2 Å². The Balaban J connectivity index is 0.00000529. The summed E-state index contributed by atoms with van der Waals surface area (Å²) in [5.74, 6) is -0.399. The number of para-hydroxylation sites is 1. The highest BCUT2D eigenvalue weighted by Gasteiger charge is 2.32. The molecule has 3 N–H and O–H groups in total. The van der Waals surface area contributed by atoms with E-state index in [1.807, 2.05) is 20.8 Å². The van der Waals surface area contributed by atoms with Crippen LogP contribution in [0, 0.1) is 5.92 Å². The van der Waals surface area contributed by atoms with Crippen LogP contribution < -0.4 is 15.8 Å². The minimum absolute atomic E-state index is 0. The van der Waals surface area contributed by atoms with Crippen LogP contribution in [0.3, 0.4) is 0 Å². The Morgan fingerprint density at radius 3 is 2.38 bits per heavy atom. The number of rotatable bonds is 7. The van der Waals surface area contributed by atoms with Crippen LogP contribution in [0.5, 0.6) is 5.75 Å². The van der Waals surface area contributed by atoms with E-state index >= 15 is 0 Å². The predicted molar refractivity (Wildman–Crippen MR) is 89.1 cm³/mol. The number of alkyl halides is 3. The average molecular weight is 369 g/mol. The molecule has 0 spiro atoms. The number of aryl methyl sites for hydroxylation is 1. The summed E-state index contributed by atoms with van der Waals surface area (Å²) in [6.45, 7) is 6.01. The molecule has 0 bridgehead atoms. The van der Waals surface area contributed by atoms with Gasteiger partial charge in [-0.15, -0.1) is 25.6 Å². The first kappa shape index (κ1) is 22.5. The zero-order valence-electron chi connectivity index (χ0n) is 13.9. The van der Waals surface area contributed by atoms with Gasteiger partial charge >= 0.3 is 6.36 Å². The molecular weight excluding hydrogens is 345 g/mol. The van der Waals surface area contributed by atoms with Gasteiger partial charge in [0.05, 0.1) is 5.54 Å². The SMILES string of the molecule is CC(C)C(C)(CN)NC(=O)CCc1ccccc1OC(F)(F)F.Cl. The highest BCUT2D eigenvalue weighted by atomic mass is 35.5. The van der Waals surface area contributed by atoms with Crippen LogP contribution in [-0.2, 0) is 11.2 Å². The molecule has 0 heterocycles. The van der Waals surface area contributed by atoms with E-state index in [0.717, 1.165) is 0 Å². The van der Waals surface area contributed by atoms with Crippen molar-refractivity contribution in [3.63, 3.8) is 0 Å². The van der Waals surface area contributed by atoms with Gasteiger partial charge in [0.2, 0.25) is 5.91 Å². The summed E-state index contributed by atoms with van der Waals surface area (Å²) >= 11 is 0. The second-order valence-electron chi connectivity index (χ2n) is 5.98.